The normalized spacial score (nSPS) is 13.8. The van der Waals surface area contributed by atoms with E-state index in [2.05, 4.69) is 0 Å². The Bertz CT molecular complexity index is 1340. The molecule has 18 heteroatoms. The van der Waals surface area contributed by atoms with E-state index < -0.39 is 87.5 Å². The zero-order valence-electron chi connectivity index (χ0n) is 21.1. The molecule has 0 aliphatic carbocycles. The van der Waals surface area contributed by atoms with Gasteiger partial charge in [0.1, 0.15) is 24.8 Å². The molecular formula is C24H18Cl3F10N3O2. The Hall–Kier alpha value is -2.75. The van der Waals surface area contributed by atoms with Gasteiger partial charge in [0, 0.05) is 19.7 Å². The van der Waals surface area contributed by atoms with Crippen LogP contribution in [0.5, 0.6) is 0 Å². The van der Waals surface area contributed by atoms with Gasteiger partial charge in [0.2, 0.25) is 5.91 Å². The lowest BCUT2D eigenvalue weighted by molar-refractivity contribution is -0.140. The lowest BCUT2D eigenvalue weighted by Gasteiger charge is -2.29. The van der Waals surface area contributed by atoms with Crippen molar-refractivity contribution in [3.05, 3.63) is 73.7 Å². The Morgan fingerprint density at radius 1 is 0.929 bits per heavy atom. The highest BCUT2D eigenvalue weighted by molar-refractivity contribution is 6.48. The van der Waals surface area contributed by atoms with Crippen LogP contribution in [-0.4, -0.2) is 61.4 Å². The third kappa shape index (κ3) is 9.38. The lowest BCUT2D eigenvalue weighted by Crippen LogP contribution is -2.49. The van der Waals surface area contributed by atoms with Crippen molar-refractivity contribution in [2.45, 2.75) is 24.4 Å². The van der Waals surface area contributed by atoms with Gasteiger partial charge in [-0.25, -0.2) is 9.40 Å². The van der Waals surface area contributed by atoms with E-state index in [1.54, 1.807) is 0 Å². The van der Waals surface area contributed by atoms with Crippen molar-refractivity contribution in [1.29, 1.82) is 0 Å². The monoisotopic (exact) mass is 675 g/mol. The summed E-state index contributed by atoms with van der Waals surface area (Å²) in [6.45, 7) is -2.91. The minimum absolute atomic E-state index is 0.0238. The SMILES string of the molecule is CN(C)N(CC(=O)NCC(F)(F)F)C(=O)c1ccc(C(F)=CC(c2cc(Cl)c(Cl)c(Cl)c2)C(F)(F)F)cc1C(F)(F)F. The molecule has 1 atom stereocenters. The maximum Gasteiger partial charge on any atom is 0.417 e. The first-order valence-electron chi connectivity index (χ1n) is 11.2. The molecule has 0 aromatic heterocycles. The maximum absolute atomic E-state index is 15.1. The third-order valence-corrected chi connectivity index (χ3v) is 6.56. The first-order chi connectivity index (χ1) is 19.0. The quantitative estimate of drug-likeness (QED) is 0.176. The van der Waals surface area contributed by atoms with Crippen LogP contribution in [0.1, 0.15) is 33.0 Å². The van der Waals surface area contributed by atoms with Crippen molar-refractivity contribution in [3.63, 3.8) is 0 Å². The number of carbonyl (C=O) groups excluding carboxylic acids is 2. The average molecular weight is 677 g/mol. The van der Waals surface area contributed by atoms with Crippen LogP contribution in [0.15, 0.2) is 36.4 Å². The fraction of sp³-hybridized carbons (Fsp3) is 0.333. The predicted octanol–water partition coefficient (Wildman–Crippen LogP) is 7.92. The molecule has 0 saturated heterocycles. The second kappa shape index (κ2) is 13.3. The third-order valence-electron chi connectivity index (χ3n) is 5.36. The van der Waals surface area contributed by atoms with E-state index in [1.165, 1.54) is 5.32 Å². The van der Waals surface area contributed by atoms with Crippen LogP contribution in [0.4, 0.5) is 43.9 Å². The van der Waals surface area contributed by atoms with Crippen LogP contribution < -0.4 is 5.32 Å². The lowest BCUT2D eigenvalue weighted by atomic mass is 9.95. The first-order valence-corrected chi connectivity index (χ1v) is 12.3. The van der Waals surface area contributed by atoms with E-state index >= 15 is 4.39 Å². The molecule has 0 aliphatic rings. The van der Waals surface area contributed by atoms with E-state index in [4.69, 9.17) is 34.8 Å². The summed E-state index contributed by atoms with van der Waals surface area (Å²) in [4.78, 5) is 24.8. The molecule has 42 heavy (non-hydrogen) atoms. The molecule has 0 aliphatic heterocycles. The van der Waals surface area contributed by atoms with Gasteiger partial charge >= 0.3 is 18.5 Å². The maximum atomic E-state index is 15.1. The van der Waals surface area contributed by atoms with Crippen molar-refractivity contribution in [2.75, 3.05) is 27.2 Å². The highest BCUT2D eigenvalue weighted by Gasteiger charge is 2.41. The van der Waals surface area contributed by atoms with E-state index in [-0.39, 0.29) is 17.2 Å². The molecule has 2 aromatic carbocycles. The van der Waals surface area contributed by atoms with Gasteiger partial charge in [-0.3, -0.25) is 14.6 Å². The Labute approximate surface area is 246 Å². The number of hydrogen-bond donors (Lipinski definition) is 1. The minimum atomic E-state index is -5.36. The average Bonchev–Trinajstić information content (AvgIpc) is 2.84. The molecule has 1 N–H and O–H groups in total. The Morgan fingerprint density at radius 2 is 1.48 bits per heavy atom. The van der Waals surface area contributed by atoms with Crippen molar-refractivity contribution in [2.24, 2.45) is 0 Å². The fourth-order valence-electron chi connectivity index (χ4n) is 3.42. The van der Waals surface area contributed by atoms with Crippen LogP contribution in [0.2, 0.25) is 15.1 Å². The highest BCUT2D eigenvalue weighted by atomic mass is 35.5. The van der Waals surface area contributed by atoms with E-state index in [1.807, 2.05) is 0 Å². The van der Waals surface area contributed by atoms with Gasteiger partial charge in [0.25, 0.3) is 5.91 Å². The summed E-state index contributed by atoms with van der Waals surface area (Å²) in [5.41, 5.74) is -4.64. The van der Waals surface area contributed by atoms with Gasteiger partial charge < -0.3 is 5.32 Å². The number of hydrogen-bond acceptors (Lipinski definition) is 3. The number of halogens is 13. The second-order valence-corrected chi connectivity index (χ2v) is 9.88. The number of carbonyl (C=O) groups is 2. The standard InChI is InChI=1S/C24H18Cl3F10N3O2/c1-39(2)40(9-19(41)38-10-22(29,30)31)21(42)13-4-3-11(5-15(13)24(35,36)37)18(28)8-14(23(32,33)34)12-6-16(25)20(27)17(26)7-12/h3-8,14H,9-10H2,1-2H3,(H,38,41). The summed E-state index contributed by atoms with van der Waals surface area (Å²) >= 11 is 17.3. The Morgan fingerprint density at radius 3 is 1.93 bits per heavy atom. The van der Waals surface area contributed by atoms with Crippen LogP contribution in [0.3, 0.4) is 0 Å². The Balaban J connectivity index is 2.55. The van der Waals surface area contributed by atoms with Crippen molar-refractivity contribution in [3.8, 4) is 0 Å². The van der Waals surface area contributed by atoms with Gasteiger partial charge in [-0.2, -0.15) is 39.5 Å². The molecule has 0 fully saturated rings. The summed E-state index contributed by atoms with van der Waals surface area (Å²) in [5.74, 6) is -7.39. The summed E-state index contributed by atoms with van der Waals surface area (Å²) in [6, 6.07) is 2.62. The van der Waals surface area contributed by atoms with Gasteiger partial charge in [0.05, 0.1) is 26.2 Å². The molecular weight excluding hydrogens is 659 g/mol. The summed E-state index contributed by atoms with van der Waals surface area (Å²) in [6.07, 6.45) is -15.4. The summed E-state index contributed by atoms with van der Waals surface area (Å²) in [7, 11) is 2.21. The zero-order chi connectivity index (χ0) is 32.4. The molecule has 0 bridgehead atoms. The van der Waals surface area contributed by atoms with E-state index in [9.17, 15) is 49.1 Å². The molecule has 232 valence electrons. The number of alkyl halides is 9. The van der Waals surface area contributed by atoms with Crippen LogP contribution in [-0.2, 0) is 11.0 Å². The minimum Gasteiger partial charge on any atom is -0.345 e. The number of hydrazine groups is 1. The number of amides is 2. The Kier molecular flexibility index (Phi) is 11.2. The molecule has 5 nitrogen and oxygen atoms in total. The summed E-state index contributed by atoms with van der Waals surface area (Å²) < 4.78 is 135. The van der Waals surface area contributed by atoms with Gasteiger partial charge in [0.15, 0.2) is 0 Å². The molecule has 2 amide bonds. The number of nitrogens with one attached hydrogen (secondary N) is 1. The molecule has 0 saturated carbocycles. The number of nitrogens with zero attached hydrogens (tertiary/aromatic N) is 2. The number of allylic oxidation sites excluding steroid dienone is 1. The van der Waals surface area contributed by atoms with Crippen LogP contribution in [0, 0.1) is 0 Å². The van der Waals surface area contributed by atoms with Crippen LogP contribution >= 0.6 is 34.8 Å². The zero-order valence-corrected chi connectivity index (χ0v) is 23.3. The highest BCUT2D eigenvalue weighted by Crippen LogP contribution is 2.43. The van der Waals surface area contributed by atoms with Crippen LogP contribution in [0.25, 0.3) is 5.83 Å². The van der Waals surface area contributed by atoms with Crippen molar-refractivity contribution >= 4 is 52.4 Å². The van der Waals surface area contributed by atoms with Gasteiger partial charge in [-0.15, -0.1) is 0 Å². The summed E-state index contributed by atoms with van der Waals surface area (Å²) in [5, 5.41) is 1.56. The topological polar surface area (TPSA) is 52.6 Å². The van der Waals surface area contributed by atoms with Crippen molar-refractivity contribution in [1.82, 2.24) is 15.3 Å². The molecule has 2 rings (SSSR count). The molecule has 0 radical (unpaired) electrons. The van der Waals surface area contributed by atoms with E-state index in [0.29, 0.717) is 17.1 Å². The molecule has 0 heterocycles. The second-order valence-electron chi connectivity index (χ2n) is 8.69. The molecule has 0 spiro atoms. The predicted molar refractivity (Wildman–Crippen MR) is 135 cm³/mol. The molecule has 2 aromatic rings. The van der Waals surface area contributed by atoms with Gasteiger partial charge in [-0.05, 0) is 35.9 Å². The van der Waals surface area contributed by atoms with E-state index in [0.717, 1.165) is 31.2 Å². The largest absolute Gasteiger partial charge is 0.417 e. The van der Waals surface area contributed by atoms with Gasteiger partial charge in [-0.1, -0.05) is 40.9 Å². The number of rotatable bonds is 8. The molecule has 1 unspecified atom stereocenters. The fourth-order valence-corrected chi connectivity index (χ4v) is 4.03. The number of benzene rings is 2. The smallest absolute Gasteiger partial charge is 0.345 e. The first kappa shape index (κ1) is 35.4. The van der Waals surface area contributed by atoms with Crippen molar-refractivity contribution < 1.29 is 53.5 Å².